The second kappa shape index (κ2) is 4.65. The maximum Gasteiger partial charge on any atom is 0.304 e. The third-order valence-corrected chi connectivity index (χ3v) is 7.83. The van der Waals surface area contributed by atoms with Crippen LogP contribution in [0.4, 0.5) is 10.7 Å². The number of anilines is 1. The number of thiophene rings is 1. The number of nitrogens with one attached hydrogen (secondary N) is 1. The van der Waals surface area contributed by atoms with Crippen molar-refractivity contribution in [2.45, 2.75) is 31.9 Å². The molecule has 0 unspecified atom stereocenters. The van der Waals surface area contributed by atoms with Crippen LogP contribution in [-0.2, 0) is 10.0 Å². The minimum Gasteiger partial charge on any atom is -0.385 e. The quantitative estimate of drug-likeness (QED) is 0.633. The Morgan fingerprint density at radius 2 is 1.90 bits per heavy atom. The van der Waals surface area contributed by atoms with E-state index < -0.39 is 14.9 Å². The topological polar surface area (TPSA) is 115 Å². The summed E-state index contributed by atoms with van der Waals surface area (Å²) in [5, 5.41) is 10.6. The van der Waals surface area contributed by atoms with Crippen molar-refractivity contribution in [1.29, 1.82) is 0 Å². The normalized spacial score (nSPS) is 20.4. The van der Waals surface area contributed by atoms with Crippen LogP contribution in [0.2, 0.25) is 0 Å². The van der Waals surface area contributed by atoms with E-state index in [1.54, 1.807) is 0 Å². The van der Waals surface area contributed by atoms with Gasteiger partial charge in [-0.25, -0.2) is 13.1 Å². The molecule has 0 radical (unpaired) electrons. The van der Waals surface area contributed by atoms with E-state index in [0.29, 0.717) is 17.9 Å². The Hall–Kier alpha value is -1.19. The standard InChI is InChI=1S/C12H19N3O4S2/c1-11(2)8(12(11,3)4)6-14-21(18,19)9-5-7(15(16)17)10(13)20-9/h5,8,14H,6,13H2,1-4H3. The highest BCUT2D eigenvalue weighted by Gasteiger charge is 2.64. The van der Waals surface area contributed by atoms with Gasteiger partial charge in [-0.2, -0.15) is 0 Å². The van der Waals surface area contributed by atoms with Crippen LogP contribution in [0.1, 0.15) is 27.7 Å². The molecule has 1 aromatic rings. The number of hydrogen-bond donors (Lipinski definition) is 2. The summed E-state index contributed by atoms with van der Waals surface area (Å²) in [6.07, 6.45) is 0. The van der Waals surface area contributed by atoms with E-state index in [1.165, 1.54) is 0 Å². The fraction of sp³-hybridized carbons (Fsp3) is 0.667. The average Bonchev–Trinajstić information content (AvgIpc) is 2.63. The number of nitro groups is 1. The zero-order valence-corrected chi connectivity index (χ0v) is 14.0. The van der Waals surface area contributed by atoms with Gasteiger partial charge >= 0.3 is 5.69 Å². The van der Waals surface area contributed by atoms with E-state index in [-0.39, 0.29) is 31.6 Å². The van der Waals surface area contributed by atoms with Gasteiger partial charge in [0.25, 0.3) is 0 Å². The van der Waals surface area contributed by atoms with E-state index in [1.807, 2.05) is 0 Å². The Balaban J connectivity index is 2.14. The Kier molecular flexibility index (Phi) is 3.59. The van der Waals surface area contributed by atoms with Crippen molar-refractivity contribution in [3.8, 4) is 0 Å². The third-order valence-electron chi connectivity index (χ3n) is 4.98. The molecule has 1 heterocycles. The summed E-state index contributed by atoms with van der Waals surface area (Å²) in [5.74, 6) is 0.229. The molecule has 1 aromatic heterocycles. The molecule has 0 atom stereocenters. The molecule has 0 bridgehead atoms. The van der Waals surface area contributed by atoms with Crippen molar-refractivity contribution < 1.29 is 13.3 Å². The lowest BCUT2D eigenvalue weighted by molar-refractivity contribution is -0.383. The van der Waals surface area contributed by atoms with Crippen molar-refractivity contribution in [3.63, 3.8) is 0 Å². The highest BCUT2D eigenvalue weighted by atomic mass is 32.2. The van der Waals surface area contributed by atoms with E-state index in [2.05, 4.69) is 32.4 Å². The van der Waals surface area contributed by atoms with Crippen LogP contribution in [0.5, 0.6) is 0 Å². The van der Waals surface area contributed by atoms with E-state index in [9.17, 15) is 18.5 Å². The minimum atomic E-state index is -3.77. The molecule has 0 amide bonds. The van der Waals surface area contributed by atoms with Gasteiger partial charge in [0.1, 0.15) is 4.21 Å². The first-order chi connectivity index (χ1) is 9.41. The van der Waals surface area contributed by atoms with Crippen LogP contribution >= 0.6 is 11.3 Å². The summed E-state index contributed by atoms with van der Waals surface area (Å²) in [7, 11) is -3.77. The predicted octanol–water partition coefficient (Wildman–Crippen LogP) is 2.20. The minimum absolute atomic E-state index is 0.0655. The molecule has 118 valence electrons. The number of hydrogen-bond acceptors (Lipinski definition) is 6. The average molecular weight is 333 g/mol. The summed E-state index contributed by atoms with van der Waals surface area (Å²) >= 11 is 0.707. The summed E-state index contributed by atoms with van der Waals surface area (Å²) < 4.78 is 26.8. The number of nitrogens with zero attached hydrogens (tertiary/aromatic N) is 1. The molecule has 0 spiro atoms. The third kappa shape index (κ3) is 2.53. The zero-order chi connectivity index (χ0) is 16.2. The van der Waals surface area contributed by atoms with Crippen LogP contribution < -0.4 is 10.5 Å². The molecule has 3 N–H and O–H groups in total. The van der Waals surface area contributed by atoms with Crippen molar-refractivity contribution in [2.75, 3.05) is 12.3 Å². The zero-order valence-electron chi connectivity index (χ0n) is 12.3. The van der Waals surface area contributed by atoms with Crippen molar-refractivity contribution >= 4 is 32.0 Å². The molecular weight excluding hydrogens is 314 g/mol. The molecule has 1 fully saturated rings. The first-order valence-electron chi connectivity index (χ1n) is 6.44. The maximum absolute atomic E-state index is 12.2. The van der Waals surface area contributed by atoms with Gasteiger partial charge in [-0.3, -0.25) is 10.1 Å². The highest BCUT2D eigenvalue weighted by Crippen LogP contribution is 2.68. The molecule has 1 aliphatic rings. The second-order valence-corrected chi connectivity index (χ2v) is 9.50. The van der Waals surface area contributed by atoms with Gasteiger partial charge in [-0.1, -0.05) is 39.0 Å². The first-order valence-corrected chi connectivity index (χ1v) is 8.74. The summed E-state index contributed by atoms with van der Waals surface area (Å²) in [6, 6.07) is 1.01. The highest BCUT2D eigenvalue weighted by molar-refractivity contribution is 7.91. The van der Waals surface area contributed by atoms with Gasteiger partial charge in [0.15, 0.2) is 5.00 Å². The molecular formula is C12H19N3O4S2. The molecule has 2 rings (SSSR count). The van der Waals surface area contributed by atoms with E-state index >= 15 is 0 Å². The van der Waals surface area contributed by atoms with E-state index in [4.69, 9.17) is 5.73 Å². The Labute approximate surface area is 127 Å². The Morgan fingerprint density at radius 3 is 2.29 bits per heavy atom. The molecule has 1 aliphatic carbocycles. The van der Waals surface area contributed by atoms with Crippen molar-refractivity contribution in [2.24, 2.45) is 16.7 Å². The fourth-order valence-corrected chi connectivity index (χ4v) is 5.06. The monoisotopic (exact) mass is 333 g/mol. The molecule has 0 aromatic carbocycles. The van der Waals surface area contributed by atoms with Crippen LogP contribution in [-0.4, -0.2) is 19.9 Å². The fourth-order valence-electron chi connectivity index (χ4n) is 2.76. The molecule has 21 heavy (non-hydrogen) atoms. The van der Waals surface area contributed by atoms with Crippen molar-refractivity contribution in [1.82, 2.24) is 4.72 Å². The van der Waals surface area contributed by atoms with Gasteiger partial charge in [-0.05, 0) is 16.7 Å². The molecule has 1 saturated carbocycles. The smallest absolute Gasteiger partial charge is 0.304 e. The Morgan fingerprint density at radius 1 is 1.38 bits per heavy atom. The van der Waals surface area contributed by atoms with Gasteiger partial charge < -0.3 is 5.73 Å². The van der Waals surface area contributed by atoms with Crippen LogP contribution in [0.25, 0.3) is 0 Å². The van der Waals surface area contributed by atoms with Crippen molar-refractivity contribution in [3.05, 3.63) is 16.2 Å². The van der Waals surface area contributed by atoms with Gasteiger partial charge in [-0.15, -0.1) is 0 Å². The first kappa shape index (κ1) is 16.2. The number of nitrogens with two attached hydrogens (primary N) is 1. The molecule has 0 aliphatic heterocycles. The number of sulfonamides is 1. The molecule has 7 nitrogen and oxygen atoms in total. The molecule has 9 heteroatoms. The summed E-state index contributed by atoms with van der Waals surface area (Å²) in [6.45, 7) is 8.70. The largest absolute Gasteiger partial charge is 0.385 e. The van der Waals surface area contributed by atoms with Crippen LogP contribution in [0.3, 0.4) is 0 Å². The molecule has 0 saturated heterocycles. The number of nitrogen functional groups attached to an aromatic ring is 1. The van der Waals surface area contributed by atoms with Gasteiger partial charge in [0, 0.05) is 12.6 Å². The van der Waals surface area contributed by atoms with Gasteiger partial charge in [0.2, 0.25) is 10.0 Å². The van der Waals surface area contributed by atoms with E-state index in [0.717, 1.165) is 6.07 Å². The Bertz CT molecular complexity index is 677. The lowest BCUT2D eigenvalue weighted by atomic mass is 10.0. The maximum atomic E-state index is 12.2. The van der Waals surface area contributed by atoms with Crippen LogP contribution in [0, 0.1) is 26.9 Å². The lowest BCUT2D eigenvalue weighted by Gasteiger charge is -2.05. The predicted molar refractivity (Wildman–Crippen MR) is 81.6 cm³/mol. The lowest BCUT2D eigenvalue weighted by Crippen LogP contribution is -2.26. The van der Waals surface area contributed by atoms with Gasteiger partial charge in [0.05, 0.1) is 4.92 Å². The summed E-state index contributed by atoms with van der Waals surface area (Å²) in [5.41, 5.74) is 5.24. The SMILES string of the molecule is CC1(C)C(CNS(=O)(=O)c2cc([N+](=O)[O-])c(N)s2)C1(C)C. The summed E-state index contributed by atoms with van der Waals surface area (Å²) in [4.78, 5) is 10.0. The van der Waals surface area contributed by atoms with Crippen LogP contribution in [0.15, 0.2) is 10.3 Å². The number of rotatable bonds is 5. The second-order valence-electron chi connectivity index (χ2n) is 6.42.